The Labute approximate surface area is 164 Å². The predicted molar refractivity (Wildman–Crippen MR) is 106 cm³/mol. The Morgan fingerprint density at radius 3 is 2.39 bits per heavy atom. The van der Waals surface area contributed by atoms with Gasteiger partial charge in [-0.05, 0) is 61.2 Å². The number of rotatable bonds is 6. The van der Waals surface area contributed by atoms with Gasteiger partial charge in [0.1, 0.15) is 0 Å². The second-order valence-corrected chi connectivity index (χ2v) is 8.01. The van der Waals surface area contributed by atoms with E-state index in [1.807, 2.05) is 12.1 Å². The van der Waals surface area contributed by atoms with E-state index in [1.54, 1.807) is 6.07 Å². The van der Waals surface area contributed by atoms with Crippen LogP contribution in [0, 0.1) is 0 Å². The molecule has 0 bridgehead atoms. The first kappa shape index (κ1) is 19.5. The average molecular weight is 388 g/mol. The average Bonchev–Trinajstić information content (AvgIpc) is 3.48. The first-order valence-corrected chi connectivity index (χ1v) is 10.2. The van der Waals surface area contributed by atoms with Gasteiger partial charge in [-0.15, -0.1) is 0 Å². The fraction of sp³-hybridized carbons (Fsp3) is 0.478. The van der Waals surface area contributed by atoms with Crippen molar-refractivity contribution in [1.82, 2.24) is 10.2 Å². The molecular weight excluding hydrogens is 361 g/mol. The fourth-order valence-electron chi connectivity index (χ4n) is 4.18. The summed E-state index contributed by atoms with van der Waals surface area (Å²) in [5.74, 6) is 0.525. The van der Waals surface area contributed by atoms with Crippen molar-refractivity contribution in [1.29, 1.82) is 0 Å². The van der Waals surface area contributed by atoms with Gasteiger partial charge >= 0.3 is 6.18 Å². The van der Waals surface area contributed by atoms with Crippen LogP contribution in [0.15, 0.2) is 48.5 Å². The number of piperidine rings is 1. The third kappa shape index (κ3) is 4.76. The summed E-state index contributed by atoms with van der Waals surface area (Å²) in [5, 5.41) is 3.66. The Kier molecular flexibility index (Phi) is 5.74. The van der Waals surface area contributed by atoms with E-state index < -0.39 is 11.7 Å². The molecule has 2 nitrogen and oxygen atoms in total. The number of hydrogen-bond acceptors (Lipinski definition) is 2. The van der Waals surface area contributed by atoms with Crippen LogP contribution < -0.4 is 5.32 Å². The van der Waals surface area contributed by atoms with Crippen LogP contribution in [0.3, 0.4) is 0 Å². The Hall–Kier alpha value is -1.85. The van der Waals surface area contributed by atoms with Crippen molar-refractivity contribution in [3.05, 3.63) is 59.7 Å². The molecule has 2 aromatic rings. The molecule has 1 aliphatic carbocycles. The minimum absolute atomic E-state index is 0.525. The standard InChI is InChI=1S/C23H27F3N2/c24-23(25,26)20-6-4-5-19(15-20)17-7-9-18(10-8-17)21-16-22(21)27-11-14-28-12-2-1-3-13-28/h4-10,15,21-22,27H,1-3,11-14,16H2. The summed E-state index contributed by atoms with van der Waals surface area (Å²) in [5.41, 5.74) is 2.10. The van der Waals surface area contributed by atoms with Crippen LogP contribution in [0.2, 0.25) is 0 Å². The maximum Gasteiger partial charge on any atom is 0.416 e. The van der Waals surface area contributed by atoms with E-state index in [1.165, 1.54) is 50.0 Å². The molecule has 0 radical (unpaired) electrons. The van der Waals surface area contributed by atoms with Gasteiger partial charge < -0.3 is 10.2 Å². The van der Waals surface area contributed by atoms with Gasteiger partial charge in [-0.1, -0.05) is 42.8 Å². The van der Waals surface area contributed by atoms with Gasteiger partial charge in [-0.3, -0.25) is 0 Å². The van der Waals surface area contributed by atoms with Crippen LogP contribution in [0.4, 0.5) is 13.2 Å². The smallest absolute Gasteiger partial charge is 0.312 e. The Bertz CT molecular complexity index is 779. The van der Waals surface area contributed by atoms with E-state index in [4.69, 9.17) is 0 Å². The van der Waals surface area contributed by atoms with E-state index >= 15 is 0 Å². The summed E-state index contributed by atoms with van der Waals surface area (Å²) >= 11 is 0. The minimum atomic E-state index is -4.31. The number of hydrogen-bond donors (Lipinski definition) is 1. The lowest BCUT2D eigenvalue weighted by Crippen LogP contribution is -2.36. The normalized spacial score (nSPS) is 23.0. The topological polar surface area (TPSA) is 15.3 Å². The van der Waals surface area contributed by atoms with Crippen LogP contribution >= 0.6 is 0 Å². The molecule has 1 heterocycles. The summed E-state index contributed by atoms with van der Waals surface area (Å²) in [7, 11) is 0. The maximum atomic E-state index is 12.9. The second kappa shape index (κ2) is 8.26. The number of alkyl halides is 3. The molecule has 2 aliphatic rings. The van der Waals surface area contributed by atoms with Gasteiger partial charge in [0.25, 0.3) is 0 Å². The SMILES string of the molecule is FC(F)(F)c1cccc(-c2ccc(C3CC3NCCN3CCCCC3)cc2)c1. The van der Waals surface area contributed by atoms with Gasteiger partial charge in [0, 0.05) is 25.0 Å². The number of nitrogens with zero attached hydrogens (tertiary/aromatic N) is 1. The first-order valence-electron chi connectivity index (χ1n) is 10.2. The van der Waals surface area contributed by atoms with E-state index in [0.717, 1.165) is 31.1 Å². The predicted octanol–water partition coefficient (Wildman–Crippen LogP) is 5.30. The first-order chi connectivity index (χ1) is 13.5. The lowest BCUT2D eigenvalue weighted by atomic mass is 10.0. The highest BCUT2D eigenvalue weighted by atomic mass is 19.4. The summed E-state index contributed by atoms with van der Waals surface area (Å²) in [6.07, 6.45) is 0.847. The largest absolute Gasteiger partial charge is 0.416 e. The number of nitrogens with one attached hydrogen (secondary N) is 1. The molecule has 1 N–H and O–H groups in total. The summed E-state index contributed by atoms with van der Waals surface area (Å²) in [6, 6.07) is 14.1. The molecule has 0 spiro atoms. The third-order valence-electron chi connectivity index (χ3n) is 5.94. The molecule has 2 unspecified atom stereocenters. The molecule has 4 rings (SSSR count). The molecule has 5 heteroatoms. The van der Waals surface area contributed by atoms with Crippen LogP contribution in [-0.2, 0) is 6.18 Å². The second-order valence-electron chi connectivity index (χ2n) is 8.01. The third-order valence-corrected chi connectivity index (χ3v) is 5.94. The zero-order valence-electron chi connectivity index (χ0n) is 16.0. The van der Waals surface area contributed by atoms with Crippen LogP contribution in [0.5, 0.6) is 0 Å². The maximum absolute atomic E-state index is 12.9. The fourth-order valence-corrected chi connectivity index (χ4v) is 4.18. The quantitative estimate of drug-likeness (QED) is 0.722. The van der Waals surface area contributed by atoms with Crippen LogP contribution in [0.1, 0.15) is 42.7 Å². The molecular formula is C23H27F3N2. The van der Waals surface area contributed by atoms with E-state index in [0.29, 0.717) is 17.5 Å². The van der Waals surface area contributed by atoms with Crippen molar-refractivity contribution >= 4 is 0 Å². The summed E-state index contributed by atoms with van der Waals surface area (Å²) in [4.78, 5) is 2.54. The molecule has 2 aromatic carbocycles. The van der Waals surface area contributed by atoms with Crippen molar-refractivity contribution in [2.75, 3.05) is 26.2 Å². The van der Waals surface area contributed by atoms with Crippen molar-refractivity contribution < 1.29 is 13.2 Å². The highest BCUT2D eigenvalue weighted by molar-refractivity contribution is 5.65. The van der Waals surface area contributed by atoms with E-state index in [-0.39, 0.29) is 0 Å². The molecule has 1 saturated carbocycles. The van der Waals surface area contributed by atoms with Gasteiger partial charge in [-0.25, -0.2) is 0 Å². The number of benzene rings is 2. The lowest BCUT2D eigenvalue weighted by Gasteiger charge is -2.26. The highest BCUT2D eigenvalue weighted by Crippen LogP contribution is 2.41. The Morgan fingerprint density at radius 2 is 1.68 bits per heavy atom. The molecule has 1 aliphatic heterocycles. The van der Waals surface area contributed by atoms with E-state index in [2.05, 4.69) is 22.3 Å². The van der Waals surface area contributed by atoms with E-state index in [9.17, 15) is 13.2 Å². The highest BCUT2D eigenvalue weighted by Gasteiger charge is 2.37. The number of halogens is 3. The zero-order chi connectivity index (χ0) is 19.6. The lowest BCUT2D eigenvalue weighted by molar-refractivity contribution is -0.137. The zero-order valence-corrected chi connectivity index (χ0v) is 16.0. The summed E-state index contributed by atoms with van der Waals surface area (Å²) in [6.45, 7) is 4.61. The molecule has 150 valence electrons. The molecule has 1 saturated heterocycles. The van der Waals surface area contributed by atoms with Crippen molar-refractivity contribution in [3.63, 3.8) is 0 Å². The Morgan fingerprint density at radius 1 is 0.929 bits per heavy atom. The van der Waals surface area contributed by atoms with Gasteiger partial charge in [0.15, 0.2) is 0 Å². The monoisotopic (exact) mass is 388 g/mol. The van der Waals surface area contributed by atoms with Gasteiger partial charge in [0.05, 0.1) is 5.56 Å². The molecule has 0 amide bonds. The van der Waals surface area contributed by atoms with Gasteiger partial charge in [-0.2, -0.15) is 13.2 Å². The van der Waals surface area contributed by atoms with Crippen LogP contribution in [0.25, 0.3) is 11.1 Å². The van der Waals surface area contributed by atoms with Crippen molar-refractivity contribution in [3.8, 4) is 11.1 Å². The summed E-state index contributed by atoms with van der Waals surface area (Å²) < 4.78 is 38.7. The molecule has 28 heavy (non-hydrogen) atoms. The van der Waals surface area contributed by atoms with Crippen molar-refractivity contribution in [2.45, 2.75) is 43.8 Å². The number of likely N-dealkylation sites (tertiary alicyclic amines) is 1. The molecule has 2 atom stereocenters. The molecule has 0 aromatic heterocycles. The molecule has 2 fully saturated rings. The minimum Gasteiger partial charge on any atom is -0.312 e. The van der Waals surface area contributed by atoms with Crippen LogP contribution in [-0.4, -0.2) is 37.1 Å². The van der Waals surface area contributed by atoms with Crippen molar-refractivity contribution in [2.24, 2.45) is 0 Å². The van der Waals surface area contributed by atoms with Gasteiger partial charge in [0.2, 0.25) is 0 Å². The Balaban J connectivity index is 1.31.